The van der Waals surface area contributed by atoms with E-state index < -0.39 is 0 Å². The lowest BCUT2D eigenvalue weighted by atomic mass is 10.3. The number of carbonyl (C=O) groups excluding carboxylic acids is 1. The molecule has 25 heavy (non-hydrogen) atoms. The molecule has 6 heteroatoms. The summed E-state index contributed by atoms with van der Waals surface area (Å²) in [6.07, 6.45) is 0. The molecule has 0 aliphatic carbocycles. The van der Waals surface area contributed by atoms with Gasteiger partial charge < -0.3 is 10.1 Å². The molecule has 128 valence electrons. The van der Waals surface area contributed by atoms with E-state index in [1.807, 2.05) is 68.4 Å². The molecule has 0 aliphatic heterocycles. The number of amides is 1. The molecule has 3 rings (SSSR count). The van der Waals surface area contributed by atoms with Gasteiger partial charge in [0.05, 0.1) is 16.3 Å². The quantitative estimate of drug-likeness (QED) is 0.638. The van der Waals surface area contributed by atoms with Crippen molar-refractivity contribution in [2.75, 3.05) is 11.1 Å². The Morgan fingerprint density at radius 3 is 2.60 bits per heavy atom. The van der Waals surface area contributed by atoms with Crippen molar-refractivity contribution in [2.24, 2.45) is 0 Å². The molecule has 1 amide bonds. The van der Waals surface area contributed by atoms with Crippen LogP contribution in [0, 0.1) is 13.8 Å². The minimum Gasteiger partial charge on any atom is -0.457 e. The summed E-state index contributed by atoms with van der Waals surface area (Å²) in [6.45, 7) is 3.87. The van der Waals surface area contributed by atoms with Crippen LogP contribution in [0.25, 0.3) is 0 Å². The van der Waals surface area contributed by atoms with Crippen molar-refractivity contribution in [2.45, 2.75) is 18.7 Å². The van der Waals surface area contributed by atoms with Crippen LogP contribution in [0.15, 0.2) is 59.5 Å². The topological polar surface area (TPSA) is 67.0 Å². The molecule has 0 aliphatic rings. The van der Waals surface area contributed by atoms with Gasteiger partial charge in [0.1, 0.15) is 11.5 Å². The average molecular weight is 353 g/mol. The molecule has 5 nitrogen and oxygen atoms in total. The standard InChI is InChI=1S/C19H19N3O2S/c1-13-19(14(2)22-21-13)25-12-18(23)20-15-7-6-10-17(11-15)24-16-8-4-3-5-9-16/h3-11H,12H2,1-2H3,(H,20,23)(H,21,22). The highest BCUT2D eigenvalue weighted by molar-refractivity contribution is 8.00. The van der Waals surface area contributed by atoms with Crippen LogP contribution in [0.5, 0.6) is 11.5 Å². The van der Waals surface area contributed by atoms with Crippen LogP contribution in [0.1, 0.15) is 11.4 Å². The third kappa shape index (κ3) is 4.64. The lowest BCUT2D eigenvalue weighted by molar-refractivity contribution is -0.113. The first kappa shape index (κ1) is 17.1. The van der Waals surface area contributed by atoms with Crippen LogP contribution in [0.2, 0.25) is 0 Å². The van der Waals surface area contributed by atoms with Crippen molar-refractivity contribution < 1.29 is 9.53 Å². The van der Waals surface area contributed by atoms with Gasteiger partial charge in [0, 0.05) is 17.4 Å². The van der Waals surface area contributed by atoms with Crippen molar-refractivity contribution in [1.29, 1.82) is 0 Å². The number of rotatable bonds is 6. The smallest absolute Gasteiger partial charge is 0.234 e. The molecule has 0 bridgehead atoms. The first-order chi connectivity index (χ1) is 12.1. The molecular formula is C19H19N3O2S. The second-order valence-corrected chi connectivity index (χ2v) is 6.53. The first-order valence-electron chi connectivity index (χ1n) is 7.89. The summed E-state index contributed by atoms with van der Waals surface area (Å²) in [6, 6.07) is 16.9. The molecule has 1 heterocycles. The van der Waals surface area contributed by atoms with E-state index in [0.29, 0.717) is 17.2 Å². The number of ether oxygens (including phenoxy) is 1. The molecule has 0 unspecified atom stereocenters. The minimum atomic E-state index is -0.0677. The maximum atomic E-state index is 12.2. The Morgan fingerprint density at radius 1 is 1.12 bits per heavy atom. The predicted octanol–water partition coefficient (Wildman–Crippen LogP) is 4.55. The second kappa shape index (κ2) is 7.90. The minimum absolute atomic E-state index is 0.0677. The highest BCUT2D eigenvalue weighted by Gasteiger charge is 2.10. The molecule has 0 spiro atoms. The monoisotopic (exact) mass is 353 g/mol. The average Bonchev–Trinajstić information content (AvgIpc) is 2.92. The van der Waals surface area contributed by atoms with E-state index in [2.05, 4.69) is 15.5 Å². The Bertz CT molecular complexity index is 843. The zero-order valence-corrected chi connectivity index (χ0v) is 14.9. The summed E-state index contributed by atoms with van der Waals surface area (Å²) in [4.78, 5) is 13.2. The molecule has 0 saturated carbocycles. The highest BCUT2D eigenvalue weighted by atomic mass is 32.2. The van der Waals surface area contributed by atoms with E-state index >= 15 is 0 Å². The van der Waals surface area contributed by atoms with Crippen molar-refractivity contribution in [3.63, 3.8) is 0 Å². The number of aromatic amines is 1. The number of thioether (sulfide) groups is 1. The molecule has 2 N–H and O–H groups in total. The van der Waals surface area contributed by atoms with Gasteiger partial charge in [-0.25, -0.2) is 0 Å². The second-order valence-electron chi connectivity index (χ2n) is 5.54. The molecule has 0 saturated heterocycles. The summed E-state index contributed by atoms with van der Waals surface area (Å²) in [5.41, 5.74) is 2.60. The Labute approximate surface area is 150 Å². The summed E-state index contributed by atoms with van der Waals surface area (Å²) in [5, 5.41) is 9.96. The van der Waals surface area contributed by atoms with Crippen molar-refractivity contribution in [3.8, 4) is 11.5 Å². The number of anilines is 1. The van der Waals surface area contributed by atoms with Gasteiger partial charge >= 0.3 is 0 Å². The van der Waals surface area contributed by atoms with Gasteiger partial charge in [-0.3, -0.25) is 9.89 Å². The lowest BCUT2D eigenvalue weighted by Gasteiger charge is -2.09. The van der Waals surface area contributed by atoms with Gasteiger partial charge in [-0.2, -0.15) is 5.10 Å². The number of hydrogen-bond acceptors (Lipinski definition) is 4. The summed E-state index contributed by atoms with van der Waals surface area (Å²) in [5.74, 6) is 1.69. The van der Waals surface area contributed by atoms with E-state index in [9.17, 15) is 4.79 Å². The van der Waals surface area contributed by atoms with Crippen LogP contribution >= 0.6 is 11.8 Å². The van der Waals surface area contributed by atoms with Gasteiger partial charge in [0.15, 0.2) is 0 Å². The van der Waals surface area contributed by atoms with Gasteiger partial charge in [-0.05, 0) is 38.1 Å². The highest BCUT2D eigenvalue weighted by Crippen LogP contribution is 2.26. The number of para-hydroxylation sites is 1. The number of carbonyl (C=O) groups is 1. The van der Waals surface area contributed by atoms with Crippen LogP contribution in [0.3, 0.4) is 0 Å². The number of aryl methyl sites for hydroxylation is 2. The largest absolute Gasteiger partial charge is 0.457 e. The normalized spacial score (nSPS) is 10.5. The van der Waals surface area contributed by atoms with Crippen LogP contribution in [-0.4, -0.2) is 21.9 Å². The van der Waals surface area contributed by atoms with Crippen molar-refractivity contribution >= 4 is 23.4 Å². The number of hydrogen-bond donors (Lipinski definition) is 2. The van der Waals surface area contributed by atoms with Crippen LogP contribution < -0.4 is 10.1 Å². The number of aromatic nitrogens is 2. The number of H-pyrrole nitrogens is 1. The van der Waals surface area contributed by atoms with Gasteiger partial charge in [-0.1, -0.05) is 24.3 Å². The zero-order valence-electron chi connectivity index (χ0n) is 14.1. The Hall–Kier alpha value is -2.73. The van der Waals surface area contributed by atoms with Crippen LogP contribution in [0.4, 0.5) is 5.69 Å². The van der Waals surface area contributed by atoms with E-state index in [-0.39, 0.29) is 5.91 Å². The maximum absolute atomic E-state index is 12.2. The number of nitrogens with zero attached hydrogens (tertiary/aromatic N) is 1. The van der Waals surface area contributed by atoms with Crippen molar-refractivity contribution in [1.82, 2.24) is 10.2 Å². The molecule has 2 aromatic carbocycles. The van der Waals surface area contributed by atoms with E-state index in [1.54, 1.807) is 0 Å². The Morgan fingerprint density at radius 2 is 1.88 bits per heavy atom. The molecule has 1 aromatic heterocycles. The summed E-state index contributed by atoms with van der Waals surface area (Å²) in [7, 11) is 0. The van der Waals surface area contributed by atoms with E-state index in [1.165, 1.54) is 11.8 Å². The van der Waals surface area contributed by atoms with Gasteiger partial charge in [-0.15, -0.1) is 11.8 Å². The zero-order chi connectivity index (χ0) is 17.6. The molecular weight excluding hydrogens is 334 g/mol. The molecule has 3 aromatic rings. The molecule has 0 atom stereocenters. The maximum Gasteiger partial charge on any atom is 0.234 e. The predicted molar refractivity (Wildman–Crippen MR) is 100 cm³/mol. The Balaban J connectivity index is 1.59. The third-order valence-electron chi connectivity index (χ3n) is 3.50. The fourth-order valence-corrected chi connectivity index (χ4v) is 3.21. The third-order valence-corrected chi connectivity index (χ3v) is 4.80. The van der Waals surface area contributed by atoms with Crippen molar-refractivity contribution in [3.05, 3.63) is 66.0 Å². The first-order valence-corrected chi connectivity index (χ1v) is 8.87. The Kier molecular flexibility index (Phi) is 5.40. The lowest BCUT2D eigenvalue weighted by Crippen LogP contribution is -2.14. The fourth-order valence-electron chi connectivity index (χ4n) is 2.35. The van der Waals surface area contributed by atoms with E-state index in [0.717, 1.165) is 22.0 Å². The summed E-state index contributed by atoms with van der Waals surface area (Å²) < 4.78 is 5.78. The number of nitrogens with one attached hydrogen (secondary N) is 2. The SMILES string of the molecule is Cc1n[nH]c(C)c1SCC(=O)Nc1cccc(Oc2ccccc2)c1. The molecule has 0 fully saturated rings. The fraction of sp³-hybridized carbons (Fsp3) is 0.158. The van der Waals surface area contributed by atoms with Crippen LogP contribution in [-0.2, 0) is 4.79 Å². The van der Waals surface area contributed by atoms with E-state index in [4.69, 9.17) is 4.74 Å². The van der Waals surface area contributed by atoms with Gasteiger partial charge in [0.25, 0.3) is 0 Å². The number of benzene rings is 2. The van der Waals surface area contributed by atoms with Gasteiger partial charge in [0.2, 0.25) is 5.91 Å². The molecule has 0 radical (unpaired) electrons. The summed E-state index contributed by atoms with van der Waals surface area (Å²) >= 11 is 1.48.